The second-order valence-corrected chi connectivity index (χ2v) is 15.7. The lowest BCUT2D eigenvalue weighted by Crippen LogP contribution is -2.15. The van der Waals surface area contributed by atoms with E-state index in [0.717, 1.165) is 39.1 Å². The van der Waals surface area contributed by atoms with E-state index in [9.17, 15) is 0 Å². The second kappa shape index (κ2) is 11.8. The van der Waals surface area contributed by atoms with Crippen molar-refractivity contribution in [2.75, 3.05) is 0 Å². The normalized spacial score (nSPS) is 13.2. The molecule has 4 nitrogen and oxygen atoms in total. The van der Waals surface area contributed by atoms with E-state index in [0.29, 0.717) is 5.82 Å². The Morgan fingerprint density at radius 2 is 1.04 bits per heavy atom. The van der Waals surface area contributed by atoms with Crippen molar-refractivity contribution < 1.29 is 0 Å². The van der Waals surface area contributed by atoms with Crippen LogP contribution in [0.3, 0.4) is 0 Å². The summed E-state index contributed by atoms with van der Waals surface area (Å²) in [6, 6.07) is 65.4. The van der Waals surface area contributed by atoms with Gasteiger partial charge in [-0.25, -0.2) is 9.97 Å². The third-order valence-corrected chi connectivity index (χ3v) is 12.2. The van der Waals surface area contributed by atoms with Crippen LogP contribution in [-0.2, 0) is 5.41 Å². The van der Waals surface area contributed by atoms with Crippen molar-refractivity contribution in [2.24, 2.45) is 0 Å². The first-order chi connectivity index (χ1) is 28.1. The number of para-hydroxylation sites is 4. The van der Waals surface area contributed by atoms with Gasteiger partial charge in [0.2, 0.25) is 0 Å². The van der Waals surface area contributed by atoms with Gasteiger partial charge in [0, 0.05) is 60.4 Å². The molecule has 4 heteroatoms. The van der Waals surface area contributed by atoms with E-state index in [2.05, 4.69) is 199 Å². The number of hydrogen-bond donors (Lipinski definition) is 0. The first kappa shape index (κ1) is 32.0. The van der Waals surface area contributed by atoms with Crippen molar-refractivity contribution in [3.05, 3.63) is 193 Å². The predicted octanol–water partition coefficient (Wildman–Crippen LogP) is 13.5. The summed E-state index contributed by atoms with van der Waals surface area (Å²) in [6.07, 6.45) is 0. The minimum Gasteiger partial charge on any atom is -0.309 e. The highest BCUT2D eigenvalue weighted by molar-refractivity contribution is 6.31. The highest BCUT2D eigenvalue weighted by atomic mass is 15.0. The standard InChI is InChI=1S/C53H36N4/c1-53(2)41-28-13-9-24-37(41)45-48(53)46-39-26-11-15-30-43(39)57(51(46)47-40-27-12-16-31-44(40)56(50(45)47)35-21-7-4-8-22-35)36-23-17-20-34(32-36)52-54-42-29-14-10-25-38(42)49(55-52)33-18-5-3-6-19-33/h3-32H,1-2H3. The Morgan fingerprint density at radius 1 is 0.456 bits per heavy atom. The summed E-state index contributed by atoms with van der Waals surface area (Å²) in [7, 11) is 0. The number of rotatable bonds is 4. The summed E-state index contributed by atoms with van der Waals surface area (Å²) < 4.78 is 5.02. The highest BCUT2D eigenvalue weighted by Gasteiger charge is 2.41. The van der Waals surface area contributed by atoms with E-state index in [4.69, 9.17) is 9.97 Å². The van der Waals surface area contributed by atoms with Crippen LogP contribution in [0.2, 0.25) is 0 Å². The van der Waals surface area contributed by atoms with Crippen molar-refractivity contribution >= 4 is 54.5 Å². The number of fused-ring (bicyclic) bond motifs is 13. The molecule has 57 heavy (non-hydrogen) atoms. The first-order valence-electron chi connectivity index (χ1n) is 19.7. The Morgan fingerprint density at radius 3 is 1.81 bits per heavy atom. The molecule has 0 atom stereocenters. The molecule has 0 bridgehead atoms. The summed E-state index contributed by atoms with van der Waals surface area (Å²) in [6.45, 7) is 4.82. The fraction of sp³-hybridized carbons (Fsp3) is 0.0566. The lowest BCUT2D eigenvalue weighted by molar-refractivity contribution is 0.667. The van der Waals surface area contributed by atoms with Crippen LogP contribution in [0, 0.1) is 0 Å². The van der Waals surface area contributed by atoms with Gasteiger partial charge in [0.05, 0.1) is 33.3 Å². The molecule has 0 N–H and O–H groups in total. The Kier molecular flexibility index (Phi) is 6.65. The third-order valence-electron chi connectivity index (χ3n) is 12.2. The summed E-state index contributed by atoms with van der Waals surface area (Å²) in [5, 5.41) is 6.09. The van der Waals surface area contributed by atoms with Gasteiger partial charge in [0.1, 0.15) is 0 Å². The first-order valence-corrected chi connectivity index (χ1v) is 19.7. The van der Waals surface area contributed by atoms with E-state index in [1.165, 1.54) is 65.9 Å². The zero-order valence-electron chi connectivity index (χ0n) is 31.6. The quantitative estimate of drug-likeness (QED) is 0.181. The van der Waals surface area contributed by atoms with Crippen molar-refractivity contribution in [3.8, 4) is 45.1 Å². The van der Waals surface area contributed by atoms with Crippen molar-refractivity contribution in [1.29, 1.82) is 0 Å². The van der Waals surface area contributed by atoms with Crippen molar-refractivity contribution in [1.82, 2.24) is 19.1 Å². The molecule has 0 unspecified atom stereocenters. The highest BCUT2D eigenvalue weighted by Crippen LogP contribution is 2.58. The number of nitrogens with zero attached hydrogens (tertiary/aromatic N) is 4. The molecule has 12 rings (SSSR count). The lowest BCUT2D eigenvalue weighted by Gasteiger charge is -2.23. The summed E-state index contributed by atoms with van der Waals surface area (Å²) in [5.74, 6) is 0.707. The largest absolute Gasteiger partial charge is 0.309 e. The van der Waals surface area contributed by atoms with Gasteiger partial charge in [-0.3, -0.25) is 0 Å². The van der Waals surface area contributed by atoms with Crippen LogP contribution in [0.4, 0.5) is 0 Å². The van der Waals surface area contributed by atoms with Gasteiger partial charge in [0.25, 0.3) is 0 Å². The molecule has 3 aromatic heterocycles. The maximum absolute atomic E-state index is 5.28. The second-order valence-electron chi connectivity index (χ2n) is 15.7. The molecule has 1 aliphatic rings. The van der Waals surface area contributed by atoms with Gasteiger partial charge in [-0.15, -0.1) is 0 Å². The molecule has 0 spiro atoms. The summed E-state index contributed by atoms with van der Waals surface area (Å²) >= 11 is 0. The third kappa shape index (κ3) is 4.44. The van der Waals surface area contributed by atoms with Gasteiger partial charge < -0.3 is 9.13 Å². The number of hydrogen-bond acceptors (Lipinski definition) is 2. The molecule has 8 aromatic carbocycles. The molecule has 0 saturated carbocycles. The monoisotopic (exact) mass is 728 g/mol. The van der Waals surface area contributed by atoms with Crippen LogP contribution in [0.1, 0.15) is 25.0 Å². The molecule has 1 aliphatic carbocycles. The molecular weight excluding hydrogens is 693 g/mol. The summed E-state index contributed by atoms with van der Waals surface area (Å²) in [5.41, 5.74) is 16.1. The Hall–Kier alpha value is -7.30. The number of benzene rings is 8. The maximum Gasteiger partial charge on any atom is 0.160 e. The Labute approximate surface area is 329 Å². The maximum atomic E-state index is 5.28. The molecule has 11 aromatic rings. The van der Waals surface area contributed by atoms with Gasteiger partial charge in [-0.1, -0.05) is 153 Å². The average molecular weight is 729 g/mol. The van der Waals surface area contributed by atoms with Crippen LogP contribution in [0.25, 0.3) is 99.7 Å². The topological polar surface area (TPSA) is 35.6 Å². The number of aromatic nitrogens is 4. The predicted molar refractivity (Wildman–Crippen MR) is 237 cm³/mol. The zero-order chi connectivity index (χ0) is 37.8. The molecule has 0 amide bonds. The Balaban J connectivity index is 1.24. The molecule has 0 fully saturated rings. The van der Waals surface area contributed by atoms with E-state index < -0.39 is 0 Å². The molecule has 268 valence electrons. The van der Waals surface area contributed by atoms with Gasteiger partial charge in [-0.05, 0) is 59.2 Å². The van der Waals surface area contributed by atoms with Gasteiger partial charge in [-0.2, -0.15) is 0 Å². The summed E-state index contributed by atoms with van der Waals surface area (Å²) in [4.78, 5) is 10.5. The van der Waals surface area contributed by atoms with Crippen LogP contribution < -0.4 is 0 Å². The Bertz CT molecular complexity index is 3420. The molecular formula is C53H36N4. The van der Waals surface area contributed by atoms with E-state index >= 15 is 0 Å². The minimum atomic E-state index is -0.250. The molecule has 0 radical (unpaired) electrons. The zero-order valence-corrected chi connectivity index (χ0v) is 31.6. The molecule has 0 saturated heterocycles. The smallest absolute Gasteiger partial charge is 0.160 e. The van der Waals surface area contributed by atoms with Crippen LogP contribution >= 0.6 is 0 Å². The van der Waals surface area contributed by atoms with Crippen LogP contribution in [0.15, 0.2) is 182 Å². The van der Waals surface area contributed by atoms with Crippen LogP contribution in [-0.4, -0.2) is 19.1 Å². The van der Waals surface area contributed by atoms with Gasteiger partial charge in [0.15, 0.2) is 5.82 Å². The van der Waals surface area contributed by atoms with Crippen LogP contribution in [0.5, 0.6) is 0 Å². The van der Waals surface area contributed by atoms with Crippen molar-refractivity contribution in [3.63, 3.8) is 0 Å². The minimum absolute atomic E-state index is 0.250. The fourth-order valence-corrected chi connectivity index (χ4v) is 9.88. The average Bonchev–Trinajstić information content (AvgIpc) is 3.87. The fourth-order valence-electron chi connectivity index (χ4n) is 9.88. The van der Waals surface area contributed by atoms with E-state index in [1.54, 1.807) is 0 Å². The van der Waals surface area contributed by atoms with E-state index in [1.807, 2.05) is 6.07 Å². The SMILES string of the molecule is CC1(C)c2ccccc2-c2c1c1c3ccccc3n(-c3cccc(-c4nc(-c5ccccc5)c5ccccc5n4)c3)c1c1c3ccccc3n(-c3ccccc3)c21. The lowest BCUT2D eigenvalue weighted by atomic mass is 9.80. The molecule has 3 heterocycles. The van der Waals surface area contributed by atoms with E-state index in [-0.39, 0.29) is 5.41 Å². The van der Waals surface area contributed by atoms with Gasteiger partial charge >= 0.3 is 0 Å². The van der Waals surface area contributed by atoms with Crippen molar-refractivity contribution in [2.45, 2.75) is 19.3 Å². The molecule has 0 aliphatic heterocycles.